The van der Waals surface area contributed by atoms with Crippen molar-refractivity contribution in [2.45, 2.75) is 38.6 Å². The predicted octanol–water partition coefficient (Wildman–Crippen LogP) is 2.67. The number of hydrogen-bond acceptors (Lipinski definition) is 2. The number of aliphatic hydroxyl groups is 1. The van der Waals surface area contributed by atoms with Gasteiger partial charge < -0.3 is 10.4 Å². The smallest absolute Gasteiger partial charge is 0.0434 e. The lowest BCUT2D eigenvalue weighted by molar-refractivity contribution is 0.248. The maximum atomic E-state index is 8.99. The van der Waals surface area contributed by atoms with Crippen LogP contribution in [0, 0.1) is 5.92 Å². The number of aliphatic hydroxyl groups excluding tert-OH is 1. The van der Waals surface area contributed by atoms with Crippen molar-refractivity contribution in [1.29, 1.82) is 0 Å². The Balaban J connectivity index is 1.89. The summed E-state index contributed by atoms with van der Waals surface area (Å²) in [5.74, 6) is 0.604. The van der Waals surface area contributed by atoms with Crippen molar-refractivity contribution in [3.8, 4) is 0 Å². The quantitative estimate of drug-likeness (QED) is 0.791. The average molecular weight is 233 g/mol. The summed E-state index contributed by atoms with van der Waals surface area (Å²) in [4.78, 5) is 0. The summed E-state index contributed by atoms with van der Waals surface area (Å²) < 4.78 is 0. The van der Waals surface area contributed by atoms with Crippen molar-refractivity contribution < 1.29 is 5.11 Å². The molecule has 0 aliphatic heterocycles. The lowest BCUT2D eigenvalue weighted by Gasteiger charge is -2.19. The van der Waals surface area contributed by atoms with Crippen LogP contribution in [0.1, 0.15) is 43.4 Å². The van der Waals surface area contributed by atoms with E-state index in [1.54, 1.807) is 0 Å². The zero-order chi connectivity index (χ0) is 12.1. The summed E-state index contributed by atoms with van der Waals surface area (Å²) >= 11 is 0. The van der Waals surface area contributed by atoms with Crippen molar-refractivity contribution in [2.24, 2.45) is 5.92 Å². The summed E-state index contributed by atoms with van der Waals surface area (Å²) in [6.45, 7) is 3.53. The highest BCUT2D eigenvalue weighted by atomic mass is 16.3. The third-order valence-corrected chi connectivity index (χ3v) is 3.90. The Morgan fingerprint density at radius 3 is 3.00 bits per heavy atom. The minimum atomic E-state index is 0.307. The number of fused-ring (bicyclic) bond motifs is 1. The summed E-state index contributed by atoms with van der Waals surface area (Å²) in [7, 11) is 0. The van der Waals surface area contributed by atoms with Crippen molar-refractivity contribution in [3.05, 3.63) is 35.4 Å². The van der Waals surface area contributed by atoms with Gasteiger partial charge >= 0.3 is 0 Å². The van der Waals surface area contributed by atoms with Crippen molar-refractivity contribution in [2.75, 3.05) is 13.2 Å². The van der Waals surface area contributed by atoms with Crippen LogP contribution >= 0.6 is 0 Å². The van der Waals surface area contributed by atoms with Gasteiger partial charge in [-0.1, -0.05) is 37.6 Å². The molecule has 2 heteroatoms. The number of benzene rings is 1. The molecule has 0 aromatic heterocycles. The second-order valence-electron chi connectivity index (χ2n) is 4.98. The molecule has 0 saturated carbocycles. The minimum absolute atomic E-state index is 0.307. The third kappa shape index (κ3) is 3.08. The molecular weight excluding hydrogens is 210 g/mol. The molecule has 2 N–H and O–H groups in total. The van der Waals surface area contributed by atoms with E-state index >= 15 is 0 Å². The summed E-state index contributed by atoms with van der Waals surface area (Å²) in [6, 6.07) is 9.26. The van der Waals surface area contributed by atoms with E-state index < -0.39 is 0 Å². The van der Waals surface area contributed by atoms with Crippen LogP contribution in [-0.4, -0.2) is 18.3 Å². The number of hydrogen-bond donors (Lipinski definition) is 2. The van der Waals surface area contributed by atoms with E-state index in [9.17, 15) is 0 Å². The molecule has 2 unspecified atom stereocenters. The fourth-order valence-electron chi connectivity index (χ4n) is 2.71. The van der Waals surface area contributed by atoms with Gasteiger partial charge in [0.05, 0.1) is 0 Å². The van der Waals surface area contributed by atoms with Gasteiger partial charge in [-0.05, 0) is 42.9 Å². The fourth-order valence-corrected chi connectivity index (χ4v) is 2.71. The Morgan fingerprint density at radius 2 is 2.24 bits per heavy atom. The molecule has 0 bridgehead atoms. The second-order valence-corrected chi connectivity index (χ2v) is 4.98. The first-order valence-electron chi connectivity index (χ1n) is 6.77. The van der Waals surface area contributed by atoms with Crippen molar-refractivity contribution in [1.82, 2.24) is 5.32 Å². The molecule has 0 fully saturated rings. The zero-order valence-corrected chi connectivity index (χ0v) is 10.7. The first-order chi connectivity index (χ1) is 8.35. The van der Waals surface area contributed by atoms with Crippen LogP contribution < -0.4 is 5.32 Å². The van der Waals surface area contributed by atoms with Crippen LogP contribution in [-0.2, 0) is 6.42 Å². The lowest BCUT2D eigenvalue weighted by Crippen LogP contribution is -2.26. The van der Waals surface area contributed by atoms with Gasteiger partial charge in [0.25, 0.3) is 0 Å². The lowest BCUT2D eigenvalue weighted by atomic mass is 10.0. The van der Waals surface area contributed by atoms with Gasteiger partial charge in [-0.2, -0.15) is 0 Å². The molecular formula is C15H23NO. The van der Waals surface area contributed by atoms with Crippen LogP contribution in [0.4, 0.5) is 0 Å². The van der Waals surface area contributed by atoms with Crippen LogP contribution in [0.25, 0.3) is 0 Å². The summed E-state index contributed by atoms with van der Waals surface area (Å²) in [5, 5.41) is 12.7. The molecule has 1 aliphatic carbocycles. The van der Waals surface area contributed by atoms with E-state index in [-0.39, 0.29) is 0 Å². The zero-order valence-electron chi connectivity index (χ0n) is 10.7. The molecule has 2 atom stereocenters. The molecule has 0 spiro atoms. The van der Waals surface area contributed by atoms with Gasteiger partial charge in [0.2, 0.25) is 0 Å². The molecule has 1 aromatic carbocycles. The molecule has 2 rings (SSSR count). The first-order valence-corrected chi connectivity index (χ1v) is 6.77. The van der Waals surface area contributed by atoms with Gasteiger partial charge in [-0.25, -0.2) is 0 Å². The minimum Gasteiger partial charge on any atom is -0.396 e. The Kier molecular flexibility index (Phi) is 4.57. The standard InChI is InChI=1S/C15H23NO/c1-2-12(9-10-17)11-16-15-8-7-13-5-3-4-6-14(13)15/h3-6,12,15-17H,2,7-11H2,1H3. The summed E-state index contributed by atoms with van der Waals surface area (Å²) in [5.41, 5.74) is 2.98. The highest BCUT2D eigenvalue weighted by Gasteiger charge is 2.21. The molecule has 2 nitrogen and oxygen atoms in total. The Hall–Kier alpha value is -0.860. The highest BCUT2D eigenvalue weighted by molar-refractivity contribution is 5.34. The number of nitrogens with one attached hydrogen (secondary N) is 1. The second kappa shape index (κ2) is 6.18. The van der Waals surface area contributed by atoms with Crippen LogP contribution in [0.2, 0.25) is 0 Å². The van der Waals surface area contributed by atoms with Crippen LogP contribution in [0.5, 0.6) is 0 Å². The van der Waals surface area contributed by atoms with E-state index in [0.717, 1.165) is 19.4 Å². The van der Waals surface area contributed by atoms with Crippen LogP contribution in [0.3, 0.4) is 0 Å². The van der Waals surface area contributed by atoms with Gasteiger partial charge in [0.1, 0.15) is 0 Å². The predicted molar refractivity (Wildman–Crippen MR) is 71.0 cm³/mol. The monoisotopic (exact) mass is 233 g/mol. The van der Waals surface area contributed by atoms with E-state index in [1.807, 2.05) is 0 Å². The largest absolute Gasteiger partial charge is 0.396 e. The number of aryl methyl sites for hydroxylation is 1. The topological polar surface area (TPSA) is 32.3 Å². The molecule has 94 valence electrons. The molecule has 17 heavy (non-hydrogen) atoms. The maximum Gasteiger partial charge on any atom is 0.0434 e. The Morgan fingerprint density at radius 1 is 1.41 bits per heavy atom. The van der Waals surface area contributed by atoms with Gasteiger partial charge in [0, 0.05) is 12.6 Å². The average Bonchev–Trinajstić information content (AvgIpc) is 2.78. The molecule has 1 aromatic rings. The van der Waals surface area contributed by atoms with Crippen LogP contribution in [0.15, 0.2) is 24.3 Å². The SMILES string of the molecule is CCC(CCO)CNC1CCc2ccccc21. The highest BCUT2D eigenvalue weighted by Crippen LogP contribution is 2.30. The maximum absolute atomic E-state index is 8.99. The summed E-state index contributed by atoms with van der Waals surface area (Å²) in [6.07, 6.45) is 4.47. The van der Waals surface area contributed by atoms with E-state index in [2.05, 4.69) is 36.5 Å². The van der Waals surface area contributed by atoms with Gasteiger partial charge in [0.15, 0.2) is 0 Å². The molecule has 1 aliphatic rings. The third-order valence-electron chi connectivity index (χ3n) is 3.90. The molecule has 0 heterocycles. The molecule has 0 radical (unpaired) electrons. The Labute approximate surface area is 104 Å². The van der Waals surface area contributed by atoms with E-state index in [4.69, 9.17) is 5.11 Å². The van der Waals surface area contributed by atoms with E-state index in [1.165, 1.54) is 24.0 Å². The molecule has 0 saturated heterocycles. The van der Waals surface area contributed by atoms with Gasteiger partial charge in [-0.3, -0.25) is 0 Å². The normalized spacial score (nSPS) is 20.2. The number of rotatable bonds is 6. The first kappa shape index (κ1) is 12.6. The van der Waals surface area contributed by atoms with Crippen molar-refractivity contribution in [3.63, 3.8) is 0 Å². The van der Waals surface area contributed by atoms with E-state index in [0.29, 0.717) is 18.6 Å². The van der Waals surface area contributed by atoms with Gasteiger partial charge in [-0.15, -0.1) is 0 Å². The Bertz CT molecular complexity index is 351. The fraction of sp³-hybridized carbons (Fsp3) is 0.600. The molecule has 0 amide bonds. The van der Waals surface area contributed by atoms with Crippen molar-refractivity contribution >= 4 is 0 Å².